The number of methoxy groups -OCH3 is 2. The fourth-order valence-electron chi connectivity index (χ4n) is 4.04. The third-order valence-corrected chi connectivity index (χ3v) is 5.99. The number of carbonyl (C=O) groups is 4. The number of para-hydroxylation sites is 4. The fourth-order valence-corrected chi connectivity index (χ4v) is 4.04. The lowest BCUT2D eigenvalue weighted by molar-refractivity contribution is -0.655. The second-order valence-electron chi connectivity index (χ2n) is 9.03. The van der Waals surface area contributed by atoms with Gasteiger partial charge in [0.15, 0.2) is 0 Å². The van der Waals surface area contributed by atoms with Crippen molar-refractivity contribution in [3.05, 3.63) is 72.8 Å². The van der Waals surface area contributed by atoms with Crippen LogP contribution in [0.5, 0.6) is 11.5 Å². The van der Waals surface area contributed by atoms with Crippen molar-refractivity contribution in [3.63, 3.8) is 0 Å². The molecule has 2 saturated heterocycles. The van der Waals surface area contributed by atoms with Crippen molar-refractivity contribution in [1.82, 2.24) is 0 Å². The number of benzene rings is 2. The van der Waals surface area contributed by atoms with Crippen LogP contribution in [0.15, 0.2) is 72.8 Å². The molecule has 0 saturated carbocycles. The molecule has 0 radical (unpaired) electrons. The normalized spacial score (nSPS) is 14.1. The lowest BCUT2D eigenvalue weighted by Crippen LogP contribution is -2.89. The van der Waals surface area contributed by atoms with Gasteiger partial charge in [-0.3, -0.25) is 0 Å². The molecule has 2 aromatic carbocycles. The van der Waals surface area contributed by atoms with Crippen LogP contribution < -0.4 is 40.1 Å². The highest BCUT2D eigenvalue weighted by Gasteiger charge is 2.16. The molecule has 4 rings (SSSR count). The van der Waals surface area contributed by atoms with E-state index in [1.807, 2.05) is 24.3 Å². The summed E-state index contributed by atoms with van der Waals surface area (Å²) in [5, 5.41) is 39.2. The van der Waals surface area contributed by atoms with E-state index in [1.54, 1.807) is 14.2 Å². The van der Waals surface area contributed by atoms with Crippen LogP contribution >= 0.6 is 0 Å². The predicted octanol–water partition coefficient (Wildman–Crippen LogP) is -3.09. The maximum absolute atomic E-state index is 9.53. The van der Waals surface area contributed by atoms with Gasteiger partial charge in [0.05, 0.1) is 89.9 Å². The highest BCUT2D eigenvalue weighted by atomic mass is 16.5. The summed E-state index contributed by atoms with van der Waals surface area (Å²) < 4.78 is 10.7. The first-order valence-corrected chi connectivity index (χ1v) is 13.7. The summed E-state index contributed by atoms with van der Waals surface area (Å²) in [7, 11) is 3.46. The van der Waals surface area contributed by atoms with Crippen molar-refractivity contribution in [2.24, 2.45) is 0 Å². The molecule has 2 heterocycles. The van der Waals surface area contributed by atoms with E-state index < -0.39 is 23.9 Å². The second kappa shape index (κ2) is 21.6. The fraction of sp³-hybridized carbons (Fsp3) is 0.333. The number of carboxylic acid groups (broad SMARTS) is 4. The van der Waals surface area contributed by atoms with Crippen LogP contribution in [0.4, 0.5) is 11.4 Å². The van der Waals surface area contributed by atoms with Gasteiger partial charge in [-0.05, 0) is 36.4 Å². The number of quaternary nitrogens is 2. The topological polar surface area (TPSA) is 213 Å². The lowest BCUT2D eigenvalue weighted by atomic mass is 10.2. The largest absolute Gasteiger partial charge is 0.545 e. The van der Waals surface area contributed by atoms with Crippen LogP contribution in [-0.4, -0.2) is 101 Å². The van der Waals surface area contributed by atoms with Gasteiger partial charge >= 0.3 is 11.9 Å². The second-order valence-corrected chi connectivity index (χ2v) is 9.03. The number of aliphatic carboxylic acids is 4. The van der Waals surface area contributed by atoms with Gasteiger partial charge in [0.25, 0.3) is 0 Å². The molecule has 44 heavy (non-hydrogen) atoms. The minimum Gasteiger partial charge on any atom is -0.545 e. The standard InChI is InChI=1S/2C11H16N2O.2C4H4O4/c2*1-14-11-5-3-2-4-10(11)13-8-6-12-7-9-13;2*5-3(6)1-2-4(7)8/h2*2-5,12H,6-9H2,1H3;2*1-2H,(H,5,6)(H,7,8)/b;;2*2-1-. The molecule has 2 aromatic rings. The van der Waals surface area contributed by atoms with E-state index in [0.29, 0.717) is 24.3 Å². The Kier molecular flexibility index (Phi) is 18.1. The first kappa shape index (κ1) is 36.9. The van der Waals surface area contributed by atoms with Crippen molar-refractivity contribution in [1.29, 1.82) is 0 Å². The molecule has 0 aliphatic carbocycles. The third kappa shape index (κ3) is 15.8. The molecule has 14 heteroatoms. The van der Waals surface area contributed by atoms with Gasteiger partial charge in [-0.15, -0.1) is 0 Å². The van der Waals surface area contributed by atoms with Crippen LogP contribution in [0, 0.1) is 0 Å². The number of piperazine rings is 2. The molecule has 0 amide bonds. The average molecular weight is 617 g/mol. The van der Waals surface area contributed by atoms with Crippen LogP contribution in [0.2, 0.25) is 0 Å². The Morgan fingerprint density at radius 1 is 0.636 bits per heavy atom. The number of nitrogens with zero attached hydrogens (tertiary/aromatic N) is 2. The maximum Gasteiger partial charge on any atom is 0.328 e. The molecular formula is C30H40N4O10. The molecule has 2 aliphatic rings. The van der Waals surface area contributed by atoms with E-state index >= 15 is 0 Å². The zero-order valence-corrected chi connectivity index (χ0v) is 24.8. The maximum atomic E-state index is 9.53. The highest BCUT2D eigenvalue weighted by Crippen LogP contribution is 2.28. The molecule has 240 valence electrons. The third-order valence-electron chi connectivity index (χ3n) is 5.99. The van der Waals surface area contributed by atoms with E-state index in [1.165, 1.54) is 37.6 Å². The lowest BCUT2D eigenvalue weighted by Gasteiger charge is -2.28. The Morgan fingerprint density at radius 3 is 1.20 bits per heavy atom. The molecule has 0 bridgehead atoms. The molecule has 14 nitrogen and oxygen atoms in total. The molecule has 0 atom stereocenters. The van der Waals surface area contributed by atoms with Gasteiger partial charge < -0.3 is 59.9 Å². The molecule has 0 unspecified atom stereocenters. The van der Waals surface area contributed by atoms with Crippen LogP contribution in [0.3, 0.4) is 0 Å². The quantitative estimate of drug-likeness (QED) is 0.217. The monoisotopic (exact) mass is 616 g/mol. The van der Waals surface area contributed by atoms with Gasteiger partial charge in [-0.25, -0.2) is 9.59 Å². The number of carboxylic acids is 4. The van der Waals surface area contributed by atoms with Gasteiger partial charge in [-0.1, -0.05) is 24.3 Å². The summed E-state index contributed by atoms with van der Waals surface area (Å²) >= 11 is 0. The van der Waals surface area contributed by atoms with E-state index in [-0.39, 0.29) is 0 Å². The number of hydrogen-bond donors (Lipinski definition) is 4. The molecule has 0 spiro atoms. The Hall–Kier alpha value is -5.08. The van der Waals surface area contributed by atoms with Crippen molar-refractivity contribution in [3.8, 4) is 11.5 Å². The van der Waals surface area contributed by atoms with E-state index in [9.17, 15) is 29.4 Å². The van der Waals surface area contributed by atoms with E-state index in [2.05, 4.69) is 44.7 Å². The van der Waals surface area contributed by atoms with Crippen LogP contribution in [-0.2, 0) is 19.2 Å². The number of nitrogens with two attached hydrogens (primary N) is 2. The number of rotatable bonds is 8. The Balaban J connectivity index is 0.000000306. The number of anilines is 2. The summed E-state index contributed by atoms with van der Waals surface area (Å²) in [6.07, 6.45) is 1.88. The summed E-state index contributed by atoms with van der Waals surface area (Å²) in [6.45, 7) is 9.16. The van der Waals surface area contributed by atoms with Gasteiger partial charge in [0, 0.05) is 12.2 Å². The van der Waals surface area contributed by atoms with E-state index in [4.69, 9.17) is 19.7 Å². The van der Waals surface area contributed by atoms with Crippen molar-refractivity contribution >= 4 is 35.3 Å². The first-order chi connectivity index (χ1) is 21.1. The number of ether oxygens (including phenoxy) is 2. The molecule has 0 aromatic heterocycles. The Morgan fingerprint density at radius 2 is 0.955 bits per heavy atom. The molecular weight excluding hydrogens is 576 g/mol. The van der Waals surface area contributed by atoms with Gasteiger partial charge in [0.1, 0.15) is 11.5 Å². The van der Waals surface area contributed by atoms with Gasteiger partial charge in [-0.2, -0.15) is 0 Å². The smallest absolute Gasteiger partial charge is 0.328 e. The average Bonchev–Trinajstić information content (AvgIpc) is 3.04. The SMILES string of the molecule is COc1ccccc1N1CC[NH2+]CC1.COc1ccccc1N1CC[NH2+]CC1.O=C([O-])/C=C\C(=O)O.O=C([O-])/C=C\C(=O)O. The zero-order chi connectivity index (χ0) is 32.7. The summed E-state index contributed by atoms with van der Waals surface area (Å²) in [4.78, 5) is 42.7. The van der Waals surface area contributed by atoms with Gasteiger partial charge in [0.2, 0.25) is 0 Å². The first-order valence-electron chi connectivity index (χ1n) is 13.7. The summed E-state index contributed by atoms with van der Waals surface area (Å²) in [5.41, 5.74) is 2.45. The van der Waals surface area contributed by atoms with Crippen molar-refractivity contribution < 1.29 is 59.7 Å². The summed E-state index contributed by atoms with van der Waals surface area (Å²) in [5.74, 6) is -3.65. The minimum absolute atomic E-state index is 0.447. The van der Waals surface area contributed by atoms with E-state index in [0.717, 1.165) is 37.7 Å². The molecule has 2 fully saturated rings. The van der Waals surface area contributed by atoms with Crippen molar-refractivity contribution in [2.75, 3.05) is 76.4 Å². The summed E-state index contributed by atoms with van der Waals surface area (Å²) in [6, 6.07) is 16.5. The highest BCUT2D eigenvalue weighted by molar-refractivity contribution is 5.89. The zero-order valence-electron chi connectivity index (χ0n) is 24.8. The minimum atomic E-state index is -1.51. The number of hydrogen-bond acceptors (Lipinski definition) is 10. The number of carbonyl (C=O) groups excluding carboxylic acids is 2. The Bertz CT molecular complexity index is 1110. The molecule has 2 aliphatic heterocycles. The predicted molar refractivity (Wildman–Crippen MR) is 157 cm³/mol. The Labute approximate surface area is 255 Å². The van der Waals surface area contributed by atoms with Crippen molar-refractivity contribution in [2.45, 2.75) is 0 Å². The molecule has 6 N–H and O–H groups in total. The van der Waals surface area contributed by atoms with Crippen LogP contribution in [0.25, 0.3) is 0 Å². The van der Waals surface area contributed by atoms with Crippen LogP contribution in [0.1, 0.15) is 0 Å².